The highest BCUT2D eigenvalue weighted by Crippen LogP contribution is 2.36. The van der Waals surface area contributed by atoms with E-state index in [0.717, 1.165) is 42.6 Å². The van der Waals surface area contributed by atoms with E-state index in [0.29, 0.717) is 5.92 Å². The third kappa shape index (κ3) is 3.85. The molecule has 23 heavy (non-hydrogen) atoms. The third-order valence-corrected chi connectivity index (χ3v) is 4.16. The first-order valence-electron chi connectivity index (χ1n) is 8.55. The predicted octanol–water partition coefficient (Wildman–Crippen LogP) is 7.03. The first-order chi connectivity index (χ1) is 11.1. The minimum absolute atomic E-state index is 0.596. The van der Waals surface area contributed by atoms with E-state index >= 15 is 0 Å². The summed E-state index contributed by atoms with van der Waals surface area (Å²) < 4.78 is 6.34. The molecule has 2 aromatic rings. The number of aryl methyl sites for hydroxylation is 1. The molecule has 0 saturated carbocycles. The van der Waals surface area contributed by atoms with Crippen LogP contribution in [0, 0.1) is 5.92 Å². The van der Waals surface area contributed by atoms with Crippen LogP contribution in [0.4, 0.5) is 0 Å². The minimum atomic E-state index is 0.596. The van der Waals surface area contributed by atoms with Crippen molar-refractivity contribution < 1.29 is 4.42 Å². The molecule has 1 aromatic heterocycles. The maximum absolute atomic E-state index is 6.34. The van der Waals surface area contributed by atoms with Gasteiger partial charge in [-0.3, -0.25) is 0 Å². The first-order valence-corrected chi connectivity index (χ1v) is 8.55. The van der Waals surface area contributed by atoms with Crippen LogP contribution in [0.25, 0.3) is 22.6 Å². The molecule has 1 nitrogen and oxygen atoms in total. The SMILES string of the molecule is C=CCCCc1cccc2c(C=C)c(/C(=C\C)CC(C)C)oc12. The van der Waals surface area contributed by atoms with Gasteiger partial charge in [0.2, 0.25) is 0 Å². The Labute approximate surface area is 140 Å². The molecular weight excluding hydrogens is 280 g/mol. The van der Waals surface area contributed by atoms with Gasteiger partial charge in [-0.15, -0.1) is 6.58 Å². The number of hydrogen-bond acceptors (Lipinski definition) is 1. The number of para-hydroxylation sites is 1. The van der Waals surface area contributed by atoms with Crippen LogP contribution in [0.1, 0.15) is 56.9 Å². The second kappa shape index (κ2) is 8.01. The molecule has 2 rings (SSSR count). The van der Waals surface area contributed by atoms with Gasteiger partial charge in [0.1, 0.15) is 11.3 Å². The first kappa shape index (κ1) is 17.3. The number of allylic oxidation sites excluding steroid dienone is 3. The number of benzene rings is 1. The van der Waals surface area contributed by atoms with E-state index in [4.69, 9.17) is 4.42 Å². The molecule has 0 atom stereocenters. The van der Waals surface area contributed by atoms with Gasteiger partial charge >= 0.3 is 0 Å². The maximum atomic E-state index is 6.34. The average Bonchev–Trinajstić information content (AvgIpc) is 2.91. The summed E-state index contributed by atoms with van der Waals surface area (Å²) in [6.07, 6.45) is 10.2. The highest BCUT2D eigenvalue weighted by atomic mass is 16.3. The van der Waals surface area contributed by atoms with Gasteiger partial charge in [-0.2, -0.15) is 0 Å². The van der Waals surface area contributed by atoms with Crippen LogP contribution in [0.5, 0.6) is 0 Å². The van der Waals surface area contributed by atoms with E-state index in [-0.39, 0.29) is 0 Å². The van der Waals surface area contributed by atoms with Crippen LogP contribution in [0.2, 0.25) is 0 Å². The maximum Gasteiger partial charge on any atom is 0.138 e. The van der Waals surface area contributed by atoms with Crippen molar-refractivity contribution in [3.63, 3.8) is 0 Å². The molecular formula is C22H28O. The van der Waals surface area contributed by atoms with Crippen molar-refractivity contribution in [3.05, 3.63) is 60.4 Å². The normalized spacial score (nSPS) is 12.1. The van der Waals surface area contributed by atoms with Crippen molar-refractivity contribution in [1.29, 1.82) is 0 Å². The summed E-state index contributed by atoms with van der Waals surface area (Å²) in [6, 6.07) is 6.43. The van der Waals surface area contributed by atoms with Gasteiger partial charge in [-0.1, -0.05) is 56.9 Å². The second-order valence-corrected chi connectivity index (χ2v) is 6.44. The van der Waals surface area contributed by atoms with Crippen LogP contribution < -0.4 is 0 Å². The lowest BCUT2D eigenvalue weighted by Gasteiger charge is -2.08. The fraction of sp³-hybridized carbons (Fsp3) is 0.364. The molecule has 0 aliphatic heterocycles. The van der Waals surface area contributed by atoms with Crippen molar-refractivity contribution >= 4 is 22.6 Å². The molecule has 0 aliphatic carbocycles. The molecule has 0 radical (unpaired) electrons. The molecule has 0 bridgehead atoms. The van der Waals surface area contributed by atoms with Crippen LogP contribution in [-0.4, -0.2) is 0 Å². The molecule has 0 spiro atoms. The zero-order valence-electron chi connectivity index (χ0n) is 14.7. The smallest absolute Gasteiger partial charge is 0.138 e. The lowest BCUT2D eigenvalue weighted by Crippen LogP contribution is -1.91. The standard InChI is InChI=1S/C22H28O/c1-6-9-10-12-18-13-11-14-20-19(8-3)21(23-22(18)20)17(7-2)15-16(4)5/h6-8,11,13-14,16H,1,3,9-10,12,15H2,2,4-5H3/b17-7-. The molecule has 0 unspecified atom stereocenters. The Morgan fingerprint density at radius 1 is 1.26 bits per heavy atom. The summed E-state index contributed by atoms with van der Waals surface area (Å²) in [4.78, 5) is 0. The zero-order valence-corrected chi connectivity index (χ0v) is 14.7. The number of fused-ring (bicyclic) bond motifs is 1. The summed E-state index contributed by atoms with van der Waals surface area (Å²) in [5, 5.41) is 1.18. The molecule has 0 N–H and O–H groups in total. The Morgan fingerprint density at radius 2 is 2.04 bits per heavy atom. The van der Waals surface area contributed by atoms with Crippen molar-refractivity contribution in [3.8, 4) is 0 Å². The summed E-state index contributed by atoms with van der Waals surface area (Å²) in [5.41, 5.74) is 4.69. The predicted molar refractivity (Wildman–Crippen MR) is 103 cm³/mol. The highest BCUT2D eigenvalue weighted by Gasteiger charge is 2.17. The fourth-order valence-corrected chi connectivity index (χ4v) is 3.05. The number of rotatable bonds is 8. The molecule has 1 heteroatoms. The summed E-state index contributed by atoms with van der Waals surface area (Å²) in [7, 11) is 0. The lowest BCUT2D eigenvalue weighted by molar-refractivity contribution is 0.578. The Bertz CT molecular complexity index is 713. The van der Waals surface area contributed by atoms with E-state index in [1.54, 1.807) is 0 Å². The Kier molecular flexibility index (Phi) is 6.04. The summed E-state index contributed by atoms with van der Waals surface area (Å²) >= 11 is 0. The molecule has 0 saturated heterocycles. The van der Waals surface area contributed by atoms with Gasteiger partial charge in [-0.25, -0.2) is 0 Å². The topological polar surface area (TPSA) is 13.1 Å². The average molecular weight is 308 g/mol. The minimum Gasteiger partial charge on any atom is -0.455 e. The van der Waals surface area contributed by atoms with Gasteiger partial charge in [-0.05, 0) is 49.7 Å². The third-order valence-electron chi connectivity index (χ3n) is 4.16. The van der Waals surface area contributed by atoms with Crippen molar-refractivity contribution in [2.75, 3.05) is 0 Å². The molecule has 1 aromatic carbocycles. The lowest BCUT2D eigenvalue weighted by atomic mass is 9.97. The van der Waals surface area contributed by atoms with Crippen LogP contribution in [-0.2, 0) is 6.42 Å². The van der Waals surface area contributed by atoms with E-state index in [2.05, 4.69) is 58.2 Å². The highest BCUT2D eigenvalue weighted by molar-refractivity contribution is 5.94. The van der Waals surface area contributed by atoms with Gasteiger partial charge in [0.25, 0.3) is 0 Å². The van der Waals surface area contributed by atoms with Gasteiger partial charge in [0.05, 0.1) is 0 Å². The molecule has 122 valence electrons. The van der Waals surface area contributed by atoms with Crippen LogP contribution in [0.3, 0.4) is 0 Å². The quantitative estimate of drug-likeness (QED) is 0.377. The number of hydrogen-bond donors (Lipinski definition) is 0. The Hall–Kier alpha value is -2.02. The summed E-state index contributed by atoms with van der Waals surface area (Å²) in [6.45, 7) is 14.4. The molecule has 1 heterocycles. The van der Waals surface area contributed by atoms with E-state index in [9.17, 15) is 0 Å². The fourth-order valence-electron chi connectivity index (χ4n) is 3.05. The van der Waals surface area contributed by atoms with Gasteiger partial charge < -0.3 is 4.42 Å². The monoisotopic (exact) mass is 308 g/mol. The summed E-state index contributed by atoms with van der Waals surface area (Å²) in [5.74, 6) is 1.58. The number of furan rings is 1. The van der Waals surface area contributed by atoms with Crippen molar-refractivity contribution in [2.24, 2.45) is 5.92 Å². The Balaban J connectivity index is 2.52. The van der Waals surface area contributed by atoms with E-state index in [1.165, 1.54) is 16.5 Å². The Morgan fingerprint density at radius 3 is 2.65 bits per heavy atom. The van der Waals surface area contributed by atoms with Crippen LogP contribution in [0.15, 0.2) is 47.9 Å². The molecule has 0 aliphatic rings. The number of unbranched alkanes of at least 4 members (excludes halogenated alkanes) is 1. The van der Waals surface area contributed by atoms with Crippen LogP contribution >= 0.6 is 0 Å². The van der Waals surface area contributed by atoms with E-state index < -0.39 is 0 Å². The molecule has 0 fully saturated rings. The van der Waals surface area contributed by atoms with Crippen molar-refractivity contribution in [2.45, 2.75) is 46.5 Å². The van der Waals surface area contributed by atoms with Gasteiger partial charge in [0, 0.05) is 10.9 Å². The van der Waals surface area contributed by atoms with E-state index in [1.807, 2.05) is 12.2 Å². The second-order valence-electron chi connectivity index (χ2n) is 6.44. The zero-order chi connectivity index (χ0) is 16.8. The largest absolute Gasteiger partial charge is 0.455 e. The van der Waals surface area contributed by atoms with Gasteiger partial charge in [0.15, 0.2) is 0 Å². The molecule has 0 amide bonds. The van der Waals surface area contributed by atoms with Crippen molar-refractivity contribution in [1.82, 2.24) is 0 Å².